The minimum Gasteiger partial charge on any atom is -0.315 e. The molecule has 6 heteroatoms. The molecule has 0 bridgehead atoms. The fourth-order valence-electron chi connectivity index (χ4n) is 1.53. The van der Waals surface area contributed by atoms with E-state index in [1.54, 1.807) is 11.8 Å². The number of likely N-dealkylation sites (N-methyl/N-ethyl adjacent to an activating group) is 1. The lowest BCUT2D eigenvalue weighted by Gasteiger charge is -2.04. The number of hydrogen-bond acceptors (Lipinski definition) is 5. The summed E-state index contributed by atoms with van der Waals surface area (Å²) in [5.41, 5.74) is 0. The van der Waals surface area contributed by atoms with E-state index in [1.807, 2.05) is 4.68 Å². The van der Waals surface area contributed by atoms with Gasteiger partial charge in [0, 0.05) is 12.3 Å². The zero-order valence-electron chi connectivity index (χ0n) is 9.72. The standard InChI is InChI=1S/C10H19N5S/c1-2-11-6-7-15-10(12-13-14-15)16-8-5-9-3-4-9/h9,11H,2-8H2,1H3. The van der Waals surface area contributed by atoms with Crippen LogP contribution in [0.2, 0.25) is 0 Å². The molecule has 90 valence electrons. The predicted octanol–water partition coefficient (Wildman–Crippen LogP) is 1.17. The number of hydrogen-bond donors (Lipinski definition) is 1. The van der Waals surface area contributed by atoms with Crippen molar-refractivity contribution in [1.29, 1.82) is 0 Å². The van der Waals surface area contributed by atoms with Crippen LogP contribution in [0, 0.1) is 5.92 Å². The van der Waals surface area contributed by atoms with Gasteiger partial charge >= 0.3 is 0 Å². The van der Waals surface area contributed by atoms with Crippen LogP contribution in [0.15, 0.2) is 5.16 Å². The van der Waals surface area contributed by atoms with Gasteiger partial charge in [-0.3, -0.25) is 0 Å². The van der Waals surface area contributed by atoms with Gasteiger partial charge in [-0.15, -0.1) is 5.10 Å². The van der Waals surface area contributed by atoms with Gasteiger partial charge in [0.25, 0.3) is 0 Å². The average molecular weight is 241 g/mol. The summed E-state index contributed by atoms with van der Waals surface area (Å²) in [6.45, 7) is 4.88. The molecule has 0 saturated heterocycles. The molecule has 16 heavy (non-hydrogen) atoms. The van der Waals surface area contributed by atoms with Crippen molar-refractivity contribution in [1.82, 2.24) is 25.5 Å². The first-order valence-corrected chi connectivity index (χ1v) is 6.98. The lowest BCUT2D eigenvalue weighted by atomic mass is 10.3. The second-order valence-corrected chi connectivity index (χ2v) is 5.18. The fourth-order valence-corrected chi connectivity index (χ4v) is 2.53. The van der Waals surface area contributed by atoms with E-state index in [4.69, 9.17) is 0 Å². The van der Waals surface area contributed by atoms with E-state index in [0.717, 1.165) is 36.5 Å². The molecule has 0 aromatic carbocycles. The molecule has 1 fully saturated rings. The highest BCUT2D eigenvalue weighted by atomic mass is 32.2. The van der Waals surface area contributed by atoms with Crippen molar-refractivity contribution >= 4 is 11.8 Å². The van der Waals surface area contributed by atoms with Crippen LogP contribution in [-0.4, -0.2) is 39.0 Å². The van der Waals surface area contributed by atoms with Gasteiger partial charge in [-0.05, 0) is 29.3 Å². The molecule has 0 aliphatic heterocycles. The fraction of sp³-hybridized carbons (Fsp3) is 0.900. The Bertz CT molecular complexity index is 310. The zero-order chi connectivity index (χ0) is 11.2. The highest BCUT2D eigenvalue weighted by molar-refractivity contribution is 7.99. The Kier molecular flexibility index (Phi) is 4.59. The molecule has 1 aromatic heterocycles. The SMILES string of the molecule is CCNCCn1nnnc1SCCC1CC1. The predicted molar refractivity (Wildman–Crippen MR) is 64.4 cm³/mol. The molecule has 0 spiro atoms. The van der Waals surface area contributed by atoms with Gasteiger partial charge in [0.1, 0.15) is 0 Å². The minimum atomic E-state index is 0.854. The van der Waals surface area contributed by atoms with Crippen LogP contribution in [0.1, 0.15) is 26.2 Å². The maximum absolute atomic E-state index is 4.05. The Morgan fingerprint density at radius 3 is 3.12 bits per heavy atom. The highest BCUT2D eigenvalue weighted by Crippen LogP contribution is 2.34. The molecule has 1 heterocycles. The van der Waals surface area contributed by atoms with Gasteiger partial charge in [-0.25, -0.2) is 4.68 Å². The summed E-state index contributed by atoms with van der Waals surface area (Å²) in [5, 5.41) is 16.0. The van der Waals surface area contributed by atoms with Crippen LogP contribution in [0.4, 0.5) is 0 Å². The van der Waals surface area contributed by atoms with Crippen LogP contribution in [0.5, 0.6) is 0 Å². The molecule has 0 amide bonds. The Morgan fingerprint density at radius 2 is 2.38 bits per heavy atom. The summed E-state index contributed by atoms with van der Waals surface area (Å²) in [6.07, 6.45) is 4.16. The third kappa shape index (κ3) is 3.75. The van der Waals surface area contributed by atoms with E-state index in [1.165, 1.54) is 19.3 Å². The van der Waals surface area contributed by atoms with E-state index < -0.39 is 0 Å². The smallest absolute Gasteiger partial charge is 0.209 e. The second-order valence-electron chi connectivity index (χ2n) is 4.12. The Morgan fingerprint density at radius 1 is 1.50 bits per heavy atom. The monoisotopic (exact) mass is 241 g/mol. The van der Waals surface area contributed by atoms with E-state index in [2.05, 4.69) is 27.8 Å². The van der Waals surface area contributed by atoms with Gasteiger partial charge in [-0.2, -0.15) is 0 Å². The first kappa shape index (κ1) is 11.9. The molecule has 1 N–H and O–H groups in total. The van der Waals surface area contributed by atoms with Crippen molar-refractivity contribution in [2.75, 3.05) is 18.8 Å². The van der Waals surface area contributed by atoms with Crippen LogP contribution >= 0.6 is 11.8 Å². The van der Waals surface area contributed by atoms with Crippen molar-refractivity contribution in [2.45, 2.75) is 37.9 Å². The molecule has 0 unspecified atom stereocenters. The maximum atomic E-state index is 4.05. The van der Waals surface area contributed by atoms with Crippen molar-refractivity contribution < 1.29 is 0 Å². The molecule has 1 aliphatic rings. The van der Waals surface area contributed by atoms with Crippen molar-refractivity contribution in [2.24, 2.45) is 5.92 Å². The van der Waals surface area contributed by atoms with Gasteiger partial charge in [0.05, 0.1) is 6.54 Å². The molecule has 0 radical (unpaired) electrons. The zero-order valence-corrected chi connectivity index (χ0v) is 10.5. The lowest BCUT2D eigenvalue weighted by Crippen LogP contribution is -2.20. The Labute approximate surface area is 100 Å². The molecular weight excluding hydrogens is 222 g/mol. The summed E-state index contributed by atoms with van der Waals surface area (Å²) < 4.78 is 1.89. The largest absolute Gasteiger partial charge is 0.315 e. The van der Waals surface area contributed by atoms with Crippen LogP contribution in [0.3, 0.4) is 0 Å². The van der Waals surface area contributed by atoms with Crippen molar-refractivity contribution in [3.05, 3.63) is 0 Å². The quantitative estimate of drug-likeness (QED) is 0.547. The summed E-state index contributed by atoms with van der Waals surface area (Å²) in [5.74, 6) is 2.13. The van der Waals surface area contributed by atoms with Gasteiger partial charge in [0.15, 0.2) is 0 Å². The second kappa shape index (κ2) is 6.20. The first-order valence-electron chi connectivity index (χ1n) is 6.00. The molecule has 5 nitrogen and oxygen atoms in total. The summed E-state index contributed by atoms with van der Waals surface area (Å²) in [4.78, 5) is 0. The molecular formula is C10H19N5S. The highest BCUT2D eigenvalue weighted by Gasteiger charge is 2.20. The molecule has 2 rings (SSSR count). The number of aromatic nitrogens is 4. The van der Waals surface area contributed by atoms with E-state index in [9.17, 15) is 0 Å². The number of thioether (sulfide) groups is 1. The molecule has 1 saturated carbocycles. The molecule has 1 aromatic rings. The van der Waals surface area contributed by atoms with Gasteiger partial charge in [-0.1, -0.05) is 31.5 Å². The summed E-state index contributed by atoms with van der Waals surface area (Å²) in [6, 6.07) is 0. The average Bonchev–Trinajstić information content (AvgIpc) is 3.00. The Hall–Kier alpha value is -0.620. The first-order chi connectivity index (χ1) is 7.90. The van der Waals surface area contributed by atoms with Crippen molar-refractivity contribution in [3.63, 3.8) is 0 Å². The van der Waals surface area contributed by atoms with Gasteiger partial charge in [0.2, 0.25) is 5.16 Å². The molecule has 1 aliphatic carbocycles. The number of nitrogens with zero attached hydrogens (tertiary/aromatic N) is 4. The Balaban J connectivity index is 1.71. The summed E-state index contributed by atoms with van der Waals surface area (Å²) >= 11 is 1.78. The van der Waals surface area contributed by atoms with E-state index in [0.29, 0.717) is 0 Å². The van der Waals surface area contributed by atoms with Crippen LogP contribution in [0.25, 0.3) is 0 Å². The van der Waals surface area contributed by atoms with Gasteiger partial charge < -0.3 is 5.32 Å². The van der Waals surface area contributed by atoms with Crippen LogP contribution in [-0.2, 0) is 6.54 Å². The topological polar surface area (TPSA) is 55.6 Å². The number of rotatable bonds is 8. The maximum Gasteiger partial charge on any atom is 0.209 e. The number of nitrogens with one attached hydrogen (secondary N) is 1. The minimum absolute atomic E-state index is 0.854. The number of tetrazole rings is 1. The van der Waals surface area contributed by atoms with Crippen molar-refractivity contribution in [3.8, 4) is 0 Å². The normalized spacial score (nSPS) is 15.6. The summed E-state index contributed by atoms with van der Waals surface area (Å²) in [7, 11) is 0. The third-order valence-electron chi connectivity index (χ3n) is 2.70. The molecule has 0 atom stereocenters. The van der Waals surface area contributed by atoms with E-state index in [-0.39, 0.29) is 0 Å². The lowest BCUT2D eigenvalue weighted by molar-refractivity contribution is 0.517. The van der Waals surface area contributed by atoms with Crippen LogP contribution < -0.4 is 5.32 Å². The third-order valence-corrected chi connectivity index (χ3v) is 3.69. The van der Waals surface area contributed by atoms with E-state index >= 15 is 0 Å².